The summed E-state index contributed by atoms with van der Waals surface area (Å²) in [6.45, 7) is 0. The summed E-state index contributed by atoms with van der Waals surface area (Å²) in [7, 11) is 0. The van der Waals surface area contributed by atoms with E-state index in [1.165, 1.54) is 11.1 Å². The zero-order chi connectivity index (χ0) is 10.7. The maximum Gasteiger partial charge on any atom is 0.211 e. The van der Waals surface area contributed by atoms with Crippen LogP contribution in [0.15, 0.2) is 34.5 Å². The monoisotopic (exact) mass is 202 g/mol. The maximum atomic E-state index is 5.25. The lowest BCUT2D eigenvalue weighted by atomic mass is 9.90. The van der Waals surface area contributed by atoms with Crippen molar-refractivity contribution in [3.05, 3.63) is 35.4 Å². The number of hydrogen-bond donors (Lipinski definition) is 2. The van der Waals surface area contributed by atoms with Gasteiger partial charge in [0, 0.05) is 5.56 Å². The van der Waals surface area contributed by atoms with Crippen LogP contribution in [0.2, 0.25) is 0 Å². The lowest BCUT2D eigenvalue weighted by molar-refractivity contribution is 0.834. The molecule has 0 radical (unpaired) electrons. The molecule has 0 fully saturated rings. The standard InChI is InChI=1S/C11H14N4/c12-11(13)15-14-10-7-3-5-8-4-1-2-6-9(8)10/h1-2,4,6H,3,5,7H2,(H4,12,13,15)/b14-10-. The lowest BCUT2D eigenvalue weighted by Crippen LogP contribution is -2.22. The van der Waals surface area contributed by atoms with E-state index in [1.54, 1.807) is 0 Å². The van der Waals surface area contributed by atoms with Crippen molar-refractivity contribution in [1.82, 2.24) is 0 Å². The highest BCUT2D eigenvalue weighted by atomic mass is 15.3. The van der Waals surface area contributed by atoms with Crippen molar-refractivity contribution in [3.63, 3.8) is 0 Å². The molecule has 0 saturated carbocycles. The number of aryl methyl sites for hydroxylation is 1. The van der Waals surface area contributed by atoms with E-state index >= 15 is 0 Å². The second-order valence-corrected chi connectivity index (χ2v) is 3.58. The minimum atomic E-state index is 0.00514. The van der Waals surface area contributed by atoms with Gasteiger partial charge in [0.15, 0.2) is 0 Å². The van der Waals surface area contributed by atoms with Crippen LogP contribution in [0, 0.1) is 0 Å². The maximum absolute atomic E-state index is 5.25. The summed E-state index contributed by atoms with van der Waals surface area (Å²) in [5, 5.41) is 7.79. The zero-order valence-corrected chi connectivity index (χ0v) is 8.48. The van der Waals surface area contributed by atoms with Crippen LogP contribution in [-0.4, -0.2) is 11.7 Å². The van der Waals surface area contributed by atoms with Gasteiger partial charge in [-0.15, -0.1) is 5.10 Å². The fraction of sp³-hybridized carbons (Fsp3) is 0.273. The van der Waals surface area contributed by atoms with Gasteiger partial charge in [0.05, 0.1) is 5.71 Å². The molecule has 0 aliphatic heterocycles. The highest BCUT2D eigenvalue weighted by molar-refractivity contribution is 6.02. The van der Waals surface area contributed by atoms with Crippen LogP contribution in [-0.2, 0) is 6.42 Å². The Morgan fingerprint density at radius 3 is 2.73 bits per heavy atom. The molecular weight excluding hydrogens is 188 g/mol. The molecule has 0 bridgehead atoms. The number of benzene rings is 1. The van der Waals surface area contributed by atoms with Gasteiger partial charge in [0.2, 0.25) is 5.96 Å². The number of nitrogens with two attached hydrogens (primary N) is 2. The topological polar surface area (TPSA) is 76.8 Å². The van der Waals surface area contributed by atoms with Gasteiger partial charge in [-0.25, -0.2) is 0 Å². The average Bonchev–Trinajstić information content (AvgIpc) is 2.26. The van der Waals surface area contributed by atoms with Crippen LogP contribution in [0.3, 0.4) is 0 Å². The summed E-state index contributed by atoms with van der Waals surface area (Å²) < 4.78 is 0. The van der Waals surface area contributed by atoms with Crippen molar-refractivity contribution in [2.24, 2.45) is 21.7 Å². The molecule has 2 rings (SSSR count). The van der Waals surface area contributed by atoms with E-state index in [0.717, 1.165) is 25.0 Å². The quantitative estimate of drug-likeness (QED) is 0.405. The molecule has 0 saturated heterocycles. The minimum Gasteiger partial charge on any atom is -0.369 e. The largest absolute Gasteiger partial charge is 0.369 e. The summed E-state index contributed by atoms with van der Waals surface area (Å²) in [5.41, 5.74) is 14.0. The van der Waals surface area contributed by atoms with E-state index in [-0.39, 0.29) is 5.96 Å². The van der Waals surface area contributed by atoms with Crippen molar-refractivity contribution >= 4 is 11.7 Å². The predicted octanol–water partition coefficient (Wildman–Crippen LogP) is 1.00. The molecule has 4 nitrogen and oxygen atoms in total. The number of fused-ring (bicyclic) bond motifs is 1. The Morgan fingerprint density at radius 1 is 1.13 bits per heavy atom. The van der Waals surface area contributed by atoms with Crippen LogP contribution in [0.5, 0.6) is 0 Å². The summed E-state index contributed by atoms with van der Waals surface area (Å²) in [6, 6.07) is 8.24. The van der Waals surface area contributed by atoms with Crippen LogP contribution < -0.4 is 11.5 Å². The third kappa shape index (κ3) is 2.15. The van der Waals surface area contributed by atoms with Crippen molar-refractivity contribution in [3.8, 4) is 0 Å². The first-order valence-electron chi connectivity index (χ1n) is 5.01. The molecule has 78 valence electrons. The Labute approximate surface area is 88.7 Å². The van der Waals surface area contributed by atoms with E-state index in [1.807, 2.05) is 12.1 Å². The Balaban J connectivity index is 2.38. The molecule has 1 aromatic carbocycles. The predicted molar refractivity (Wildman–Crippen MR) is 61.7 cm³/mol. The summed E-state index contributed by atoms with van der Waals surface area (Å²) in [4.78, 5) is 0. The third-order valence-corrected chi connectivity index (χ3v) is 2.47. The first kappa shape index (κ1) is 9.71. The number of nitrogens with zero attached hydrogens (tertiary/aromatic N) is 2. The fourth-order valence-corrected chi connectivity index (χ4v) is 1.82. The molecule has 0 unspecified atom stereocenters. The molecular formula is C11H14N4. The van der Waals surface area contributed by atoms with Gasteiger partial charge in [-0.2, -0.15) is 5.10 Å². The van der Waals surface area contributed by atoms with E-state index in [2.05, 4.69) is 22.3 Å². The normalized spacial score (nSPS) is 17.2. The number of guanidine groups is 1. The smallest absolute Gasteiger partial charge is 0.211 e. The molecule has 4 heteroatoms. The van der Waals surface area contributed by atoms with E-state index in [0.29, 0.717) is 0 Å². The summed E-state index contributed by atoms with van der Waals surface area (Å²) >= 11 is 0. The van der Waals surface area contributed by atoms with Gasteiger partial charge in [0.25, 0.3) is 0 Å². The second-order valence-electron chi connectivity index (χ2n) is 3.58. The second kappa shape index (κ2) is 4.13. The van der Waals surface area contributed by atoms with Gasteiger partial charge in [-0.3, -0.25) is 0 Å². The highest BCUT2D eigenvalue weighted by Crippen LogP contribution is 2.21. The average molecular weight is 202 g/mol. The van der Waals surface area contributed by atoms with Gasteiger partial charge in [0.1, 0.15) is 0 Å². The highest BCUT2D eigenvalue weighted by Gasteiger charge is 2.14. The van der Waals surface area contributed by atoms with Gasteiger partial charge < -0.3 is 11.5 Å². The van der Waals surface area contributed by atoms with Crippen LogP contribution in [0.1, 0.15) is 24.0 Å². The Kier molecular flexibility index (Phi) is 2.67. The Morgan fingerprint density at radius 2 is 1.93 bits per heavy atom. The molecule has 1 aliphatic rings. The fourth-order valence-electron chi connectivity index (χ4n) is 1.82. The molecule has 1 aromatic rings. The number of rotatable bonds is 1. The number of hydrogen-bond acceptors (Lipinski definition) is 2. The Bertz CT molecular complexity index is 416. The van der Waals surface area contributed by atoms with Crippen molar-refractivity contribution in [2.75, 3.05) is 0 Å². The SMILES string of the molecule is NC(N)=N/N=C1/CCCc2ccccc21. The molecule has 15 heavy (non-hydrogen) atoms. The molecule has 0 amide bonds. The molecule has 1 aliphatic carbocycles. The van der Waals surface area contributed by atoms with Crippen LogP contribution in [0.4, 0.5) is 0 Å². The van der Waals surface area contributed by atoms with Gasteiger partial charge in [-0.1, -0.05) is 24.3 Å². The summed E-state index contributed by atoms with van der Waals surface area (Å²) in [5.74, 6) is 0.00514. The van der Waals surface area contributed by atoms with Crippen molar-refractivity contribution in [1.29, 1.82) is 0 Å². The van der Waals surface area contributed by atoms with Gasteiger partial charge in [-0.05, 0) is 24.8 Å². The molecule has 0 heterocycles. The molecule has 0 spiro atoms. The van der Waals surface area contributed by atoms with E-state index in [9.17, 15) is 0 Å². The molecule has 0 atom stereocenters. The lowest BCUT2D eigenvalue weighted by Gasteiger charge is -2.16. The first-order chi connectivity index (χ1) is 7.27. The molecule has 0 aromatic heterocycles. The van der Waals surface area contributed by atoms with Crippen molar-refractivity contribution in [2.45, 2.75) is 19.3 Å². The third-order valence-electron chi connectivity index (χ3n) is 2.47. The van der Waals surface area contributed by atoms with E-state index in [4.69, 9.17) is 11.5 Å². The Hall–Kier alpha value is -1.84. The van der Waals surface area contributed by atoms with E-state index < -0.39 is 0 Å². The minimum absolute atomic E-state index is 0.00514. The summed E-state index contributed by atoms with van der Waals surface area (Å²) in [6.07, 6.45) is 3.15. The molecule has 4 N–H and O–H groups in total. The first-order valence-corrected chi connectivity index (χ1v) is 5.01. The zero-order valence-electron chi connectivity index (χ0n) is 8.48. The van der Waals surface area contributed by atoms with Crippen LogP contribution >= 0.6 is 0 Å². The van der Waals surface area contributed by atoms with Gasteiger partial charge >= 0.3 is 0 Å². The van der Waals surface area contributed by atoms with Crippen LogP contribution in [0.25, 0.3) is 0 Å². The van der Waals surface area contributed by atoms with Crippen molar-refractivity contribution < 1.29 is 0 Å².